The fraction of sp³-hybridized carbons (Fsp3) is 0.621. The van der Waals surface area contributed by atoms with Gasteiger partial charge in [-0.1, -0.05) is 56.7 Å². The lowest BCUT2D eigenvalue weighted by Crippen LogP contribution is -2.45. The van der Waals surface area contributed by atoms with Gasteiger partial charge in [0.05, 0.1) is 22.2 Å². The molecule has 8 heteroatoms. The third kappa shape index (κ3) is 8.04. The Labute approximate surface area is 226 Å². The number of nitrogens with zero attached hydrogens (tertiary/aromatic N) is 1. The van der Waals surface area contributed by atoms with Crippen molar-refractivity contribution in [1.82, 2.24) is 4.90 Å². The van der Waals surface area contributed by atoms with Crippen LogP contribution in [0.25, 0.3) is 0 Å². The number of hydrogen-bond acceptors (Lipinski definition) is 5. The van der Waals surface area contributed by atoms with Crippen LogP contribution in [-0.2, 0) is 19.0 Å². The highest BCUT2D eigenvalue weighted by Gasteiger charge is 2.49. The molecule has 37 heavy (non-hydrogen) atoms. The molecule has 208 valence electrons. The van der Waals surface area contributed by atoms with Gasteiger partial charge in [-0.05, 0) is 77.2 Å². The van der Waals surface area contributed by atoms with Crippen molar-refractivity contribution in [3.8, 4) is 0 Å². The summed E-state index contributed by atoms with van der Waals surface area (Å²) in [6.45, 7) is 23.0. The number of rotatable bonds is 9. The van der Waals surface area contributed by atoms with E-state index in [4.69, 9.17) is 9.16 Å². The topological polar surface area (TPSA) is 72.9 Å². The van der Waals surface area contributed by atoms with Crippen LogP contribution in [0.3, 0.4) is 0 Å². The first-order valence-corrected chi connectivity index (χ1v) is 17.6. The van der Waals surface area contributed by atoms with Crippen LogP contribution in [0.2, 0.25) is 18.1 Å². The minimum absolute atomic E-state index is 0.151. The molecule has 3 atom stereocenters. The molecule has 2 rings (SSSR count). The van der Waals surface area contributed by atoms with Gasteiger partial charge in [0.2, 0.25) is 0 Å². The molecule has 0 N–H and O–H groups in total. The number of unbranched alkanes of at least 4 members (excludes halogenated alkanes) is 1. The quantitative estimate of drug-likeness (QED) is 0.187. The van der Waals surface area contributed by atoms with Crippen LogP contribution in [0.1, 0.15) is 66.4 Å². The zero-order valence-corrected chi connectivity index (χ0v) is 26.0. The Morgan fingerprint density at radius 1 is 1.14 bits per heavy atom. The maximum atomic E-state index is 13.7. The van der Waals surface area contributed by atoms with Crippen LogP contribution in [0.4, 0.5) is 4.79 Å². The van der Waals surface area contributed by atoms with Gasteiger partial charge in [-0.2, -0.15) is 0 Å². The third-order valence-corrected chi connectivity index (χ3v) is 14.0. The van der Waals surface area contributed by atoms with Crippen LogP contribution in [0.15, 0.2) is 54.0 Å². The van der Waals surface area contributed by atoms with Crippen molar-refractivity contribution in [2.45, 2.75) is 114 Å². The summed E-state index contributed by atoms with van der Waals surface area (Å²) in [5.74, 6) is 0. The number of hydrogen-bond donors (Lipinski definition) is 0. The molecule has 6 nitrogen and oxygen atoms in total. The second-order valence-corrected chi connectivity index (χ2v) is 19.5. The number of carbonyl (C=O) groups is 1. The van der Waals surface area contributed by atoms with Crippen LogP contribution in [-0.4, -0.2) is 57.3 Å². The Balaban J connectivity index is 2.30. The normalized spacial score (nSPS) is 21.4. The van der Waals surface area contributed by atoms with Crippen LogP contribution in [0.5, 0.6) is 0 Å². The monoisotopic (exact) mass is 549 g/mol. The van der Waals surface area contributed by atoms with E-state index in [1.165, 1.54) is 4.90 Å². The van der Waals surface area contributed by atoms with Crippen molar-refractivity contribution in [3.05, 3.63) is 54.6 Å². The standard InChI is InChI=1S/C29H47NO5SSi/c1-11-23-21-26(36(32,33)24-18-16-22(2)17-19-24)25(30(23)27(31)35-28(3,4)5)15-13-12-14-20-34-37(9,10)29(6,7)8/h11,13,15-19,23,25-26H,1,12,14,20-21H2,2-10H3/b15-13+/t23-,25+,26+/m0/s1. The first-order valence-electron chi connectivity index (χ1n) is 13.2. The number of carbonyl (C=O) groups excluding carboxylic acids is 1. The minimum Gasteiger partial charge on any atom is -0.444 e. The summed E-state index contributed by atoms with van der Waals surface area (Å²) in [5, 5.41) is -0.650. The highest BCUT2D eigenvalue weighted by Crippen LogP contribution is 2.37. The van der Waals surface area contributed by atoms with E-state index in [1.807, 2.05) is 19.1 Å². The summed E-state index contributed by atoms with van der Waals surface area (Å²) < 4.78 is 39.4. The number of sulfone groups is 1. The van der Waals surface area contributed by atoms with Crippen molar-refractivity contribution < 1.29 is 22.4 Å². The Hall–Kier alpha value is -1.90. The van der Waals surface area contributed by atoms with Gasteiger partial charge < -0.3 is 9.16 Å². The second kappa shape index (κ2) is 11.9. The Morgan fingerprint density at radius 3 is 2.24 bits per heavy atom. The molecule has 1 aliphatic heterocycles. The molecule has 0 unspecified atom stereocenters. The van der Waals surface area contributed by atoms with E-state index in [0.717, 1.165) is 18.4 Å². The fourth-order valence-electron chi connectivity index (χ4n) is 4.08. The molecule has 1 fully saturated rings. The third-order valence-electron chi connectivity index (χ3n) is 7.28. The van der Waals surface area contributed by atoms with Gasteiger partial charge in [-0.3, -0.25) is 4.90 Å². The van der Waals surface area contributed by atoms with Crippen molar-refractivity contribution in [2.24, 2.45) is 0 Å². The highest BCUT2D eigenvalue weighted by atomic mass is 32.2. The van der Waals surface area contributed by atoms with Gasteiger partial charge in [0.1, 0.15) is 5.60 Å². The molecule has 0 radical (unpaired) electrons. The summed E-state index contributed by atoms with van der Waals surface area (Å²) >= 11 is 0. The van der Waals surface area contributed by atoms with Gasteiger partial charge in [0.25, 0.3) is 0 Å². The first kappa shape index (κ1) is 31.3. The van der Waals surface area contributed by atoms with E-state index in [0.29, 0.717) is 6.61 Å². The van der Waals surface area contributed by atoms with Crippen molar-refractivity contribution in [2.75, 3.05) is 6.61 Å². The average molecular weight is 550 g/mol. The lowest BCUT2D eigenvalue weighted by Gasteiger charge is -2.36. The maximum absolute atomic E-state index is 13.7. The van der Waals surface area contributed by atoms with E-state index < -0.39 is 47.2 Å². The van der Waals surface area contributed by atoms with Gasteiger partial charge in [0, 0.05) is 6.61 Å². The molecule has 1 amide bonds. The molecular formula is C29H47NO5SSi. The zero-order valence-electron chi connectivity index (χ0n) is 24.2. The van der Waals surface area contributed by atoms with Crippen LogP contribution in [0, 0.1) is 6.92 Å². The van der Waals surface area contributed by atoms with E-state index in [1.54, 1.807) is 51.1 Å². The van der Waals surface area contributed by atoms with Crippen molar-refractivity contribution in [1.29, 1.82) is 0 Å². The average Bonchev–Trinajstić information content (AvgIpc) is 3.14. The van der Waals surface area contributed by atoms with Crippen LogP contribution < -0.4 is 0 Å². The number of benzene rings is 1. The molecule has 1 aliphatic rings. The van der Waals surface area contributed by atoms with Crippen LogP contribution >= 0.6 is 0 Å². The number of ether oxygens (including phenoxy) is 1. The van der Waals surface area contributed by atoms with Gasteiger partial charge in [-0.25, -0.2) is 13.2 Å². The number of likely N-dealkylation sites (tertiary alicyclic amines) is 1. The molecule has 0 spiro atoms. The molecule has 0 aliphatic carbocycles. The lowest BCUT2D eigenvalue weighted by molar-refractivity contribution is 0.0213. The Morgan fingerprint density at radius 2 is 1.73 bits per heavy atom. The minimum atomic E-state index is -3.71. The summed E-state index contributed by atoms with van der Waals surface area (Å²) in [5.41, 5.74) is 0.285. The Kier molecular flexibility index (Phi) is 10.0. The fourth-order valence-corrected chi connectivity index (χ4v) is 7.08. The van der Waals surface area contributed by atoms with E-state index >= 15 is 0 Å². The van der Waals surface area contributed by atoms with E-state index in [9.17, 15) is 13.2 Å². The molecule has 1 saturated heterocycles. The second-order valence-electron chi connectivity index (χ2n) is 12.5. The van der Waals surface area contributed by atoms with E-state index in [2.05, 4.69) is 40.4 Å². The number of amides is 1. The lowest BCUT2D eigenvalue weighted by atomic mass is 10.1. The van der Waals surface area contributed by atoms with Gasteiger partial charge in [0.15, 0.2) is 18.2 Å². The highest BCUT2D eigenvalue weighted by molar-refractivity contribution is 7.92. The molecule has 1 aromatic carbocycles. The smallest absolute Gasteiger partial charge is 0.411 e. The van der Waals surface area contributed by atoms with Gasteiger partial charge >= 0.3 is 6.09 Å². The summed E-state index contributed by atoms with van der Waals surface area (Å²) in [6, 6.07) is 5.77. The number of aryl methyl sites for hydroxylation is 1. The largest absolute Gasteiger partial charge is 0.444 e. The number of allylic oxidation sites excluding steroid dienone is 1. The summed E-state index contributed by atoms with van der Waals surface area (Å²) in [6.07, 6.45) is 6.75. The maximum Gasteiger partial charge on any atom is 0.411 e. The van der Waals surface area contributed by atoms with E-state index in [-0.39, 0.29) is 16.4 Å². The molecule has 1 heterocycles. The molecule has 0 saturated carbocycles. The molecule has 0 bridgehead atoms. The van der Waals surface area contributed by atoms with Gasteiger partial charge in [-0.15, -0.1) is 6.58 Å². The first-order chi connectivity index (χ1) is 16.9. The zero-order chi connectivity index (χ0) is 28.2. The van der Waals surface area contributed by atoms with Crippen molar-refractivity contribution >= 4 is 24.2 Å². The predicted molar refractivity (Wildman–Crippen MR) is 154 cm³/mol. The summed E-state index contributed by atoms with van der Waals surface area (Å²) in [7, 11) is -5.52. The molecular weight excluding hydrogens is 502 g/mol. The van der Waals surface area contributed by atoms with Crippen molar-refractivity contribution in [3.63, 3.8) is 0 Å². The Bertz CT molecular complexity index is 1060. The SMILES string of the molecule is C=C[C@H]1C[C@@H](S(=O)(=O)c2ccc(C)cc2)[C@@H](/C=C/CCCO[Si](C)(C)C(C)(C)C)N1C(=O)OC(C)(C)C. The molecule has 0 aromatic heterocycles. The molecule has 1 aromatic rings. The predicted octanol–water partition coefficient (Wildman–Crippen LogP) is 7.06. The summed E-state index contributed by atoms with van der Waals surface area (Å²) in [4.78, 5) is 15.0.